The Hall–Kier alpha value is -4.14. The summed E-state index contributed by atoms with van der Waals surface area (Å²) < 4.78 is 0. The van der Waals surface area contributed by atoms with E-state index < -0.39 is 29.5 Å². The molecule has 0 spiro atoms. The number of hydrogen-bond donors (Lipinski definition) is 5. The van der Waals surface area contributed by atoms with E-state index in [2.05, 4.69) is 64.0 Å². The van der Waals surface area contributed by atoms with Gasteiger partial charge in [0.2, 0.25) is 0 Å². The van der Waals surface area contributed by atoms with Crippen molar-refractivity contribution in [1.82, 2.24) is 0 Å². The molecule has 4 rings (SSSR count). The maximum atomic E-state index is 11.5. The van der Waals surface area contributed by atoms with E-state index in [0.717, 1.165) is 30.6 Å². The Labute approximate surface area is 256 Å². The fourth-order valence-corrected chi connectivity index (χ4v) is 5.81. The predicted octanol–water partition coefficient (Wildman–Crippen LogP) is -1.83. The Morgan fingerprint density at radius 1 is 0.744 bits per heavy atom. The zero-order chi connectivity index (χ0) is 31.7. The lowest BCUT2D eigenvalue weighted by Gasteiger charge is -2.33. The van der Waals surface area contributed by atoms with Crippen LogP contribution in [-0.2, 0) is 31.3 Å². The number of rotatable bonds is 11. The van der Waals surface area contributed by atoms with Crippen molar-refractivity contribution in [2.45, 2.75) is 18.6 Å². The number of carboxylic acids is 4. The molecule has 0 atom stereocenters. The molecule has 0 amide bonds. The van der Waals surface area contributed by atoms with Gasteiger partial charge in [0, 0.05) is 24.1 Å². The lowest BCUT2D eigenvalue weighted by Crippen LogP contribution is -3.27. The van der Waals surface area contributed by atoms with Gasteiger partial charge in [-0.15, -0.1) is 0 Å². The molecule has 1 fully saturated rings. The second kappa shape index (κ2) is 18.4. The Morgan fingerprint density at radius 2 is 1.21 bits per heavy atom. The van der Waals surface area contributed by atoms with Crippen LogP contribution in [0.4, 0.5) is 0 Å². The fourth-order valence-electron chi connectivity index (χ4n) is 4.36. The average Bonchev–Trinajstić information content (AvgIpc) is 3.72. The maximum Gasteiger partial charge on any atom is 0.328 e. The average molecular weight is 631 g/mol. The number of carbonyl (C=O) groups excluding carboxylic acids is 2. The number of piperazine rings is 1. The van der Waals surface area contributed by atoms with Crippen molar-refractivity contribution in [3.63, 3.8) is 0 Å². The van der Waals surface area contributed by atoms with Gasteiger partial charge in [-0.05, 0) is 56.9 Å². The van der Waals surface area contributed by atoms with Crippen LogP contribution in [0.2, 0.25) is 0 Å². The van der Waals surface area contributed by atoms with Crippen molar-refractivity contribution in [3.8, 4) is 0 Å². The van der Waals surface area contributed by atoms with Gasteiger partial charge in [-0.1, -0.05) is 30.3 Å². The van der Waals surface area contributed by atoms with E-state index in [9.17, 15) is 34.5 Å². The molecule has 1 saturated heterocycles. The van der Waals surface area contributed by atoms with Crippen molar-refractivity contribution in [2.75, 3.05) is 32.7 Å². The van der Waals surface area contributed by atoms with Crippen molar-refractivity contribution in [2.24, 2.45) is 0 Å². The van der Waals surface area contributed by atoms with E-state index in [1.54, 1.807) is 32.5 Å². The van der Waals surface area contributed by atoms with Crippen LogP contribution in [0.25, 0.3) is 0 Å². The minimum atomic E-state index is -1.51. The van der Waals surface area contributed by atoms with E-state index in [4.69, 9.17) is 10.2 Å². The maximum absolute atomic E-state index is 11.5. The molecule has 2 aromatic heterocycles. The van der Waals surface area contributed by atoms with E-state index in [-0.39, 0.29) is 0 Å². The highest BCUT2D eigenvalue weighted by Crippen LogP contribution is 2.34. The van der Waals surface area contributed by atoms with Crippen LogP contribution in [0.1, 0.15) is 23.1 Å². The first-order chi connectivity index (χ1) is 20.5. The summed E-state index contributed by atoms with van der Waals surface area (Å²) in [6, 6.07) is 14.9. The van der Waals surface area contributed by atoms with Crippen LogP contribution in [0.3, 0.4) is 0 Å². The number of carboxylic acid groups (broad SMARTS) is 4. The van der Waals surface area contributed by atoms with Gasteiger partial charge in [0.1, 0.15) is 38.3 Å². The Morgan fingerprint density at radius 3 is 1.58 bits per heavy atom. The van der Waals surface area contributed by atoms with E-state index >= 15 is 0 Å². The quantitative estimate of drug-likeness (QED) is 0.152. The number of quaternary nitrogens is 2. The van der Waals surface area contributed by atoms with Gasteiger partial charge < -0.3 is 44.9 Å². The van der Waals surface area contributed by atoms with Crippen molar-refractivity contribution in [1.29, 1.82) is 0 Å². The molecule has 1 aromatic carbocycles. The highest BCUT2D eigenvalue weighted by molar-refractivity contribution is 7.08. The first-order valence-electron chi connectivity index (χ1n) is 13.2. The first-order valence-corrected chi connectivity index (χ1v) is 15.1. The van der Waals surface area contributed by atoms with Crippen LogP contribution < -0.4 is 20.0 Å². The number of thiophene rings is 2. The van der Waals surface area contributed by atoms with E-state index in [1.165, 1.54) is 31.7 Å². The zero-order valence-corrected chi connectivity index (χ0v) is 24.9. The molecule has 3 heterocycles. The van der Waals surface area contributed by atoms with Gasteiger partial charge >= 0.3 is 11.9 Å². The summed E-state index contributed by atoms with van der Waals surface area (Å²) in [7, 11) is 0. The SMILES string of the molecule is O=C([O-])/C=C/C(=O)O.O=C([O-])/C=C/C(=O)O.OC(CC[NH+]1CC[NH+](Cc2ccccc2)CC1)(c1ccsc1)c1ccsc1. The van der Waals surface area contributed by atoms with Crippen LogP contribution in [0.5, 0.6) is 0 Å². The summed E-state index contributed by atoms with van der Waals surface area (Å²) >= 11 is 3.32. The van der Waals surface area contributed by atoms with E-state index in [0.29, 0.717) is 24.3 Å². The van der Waals surface area contributed by atoms with Crippen LogP contribution in [-0.4, -0.2) is 71.9 Å². The molecule has 3 aromatic rings. The van der Waals surface area contributed by atoms with Gasteiger partial charge in [-0.3, -0.25) is 0 Å². The summed E-state index contributed by atoms with van der Waals surface area (Å²) in [5.41, 5.74) is 2.67. The van der Waals surface area contributed by atoms with Crippen molar-refractivity contribution >= 4 is 46.6 Å². The molecule has 0 bridgehead atoms. The smallest absolute Gasteiger partial charge is 0.328 e. The van der Waals surface area contributed by atoms with Gasteiger partial charge in [-0.2, -0.15) is 22.7 Å². The summed E-state index contributed by atoms with van der Waals surface area (Å²) in [6.07, 6.45) is 2.67. The highest BCUT2D eigenvalue weighted by Gasteiger charge is 2.34. The third kappa shape index (κ3) is 13.6. The predicted molar refractivity (Wildman–Crippen MR) is 156 cm³/mol. The normalized spacial score (nSPS) is 16.5. The molecular weight excluding hydrogens is 596 g/mol. The first kappa shape index (κ1) is 35.1. The summed E-state index contributed by atoms with van der Waals surface area (Å²) in [4.78, 5) is 41.2. The number of benzene rings is 1. The van der Waals surface area contributed by atoms with E-state index in [1.807, 2.05) is 0 Å². The summed E-state index contributed by atoms with van der Waals surface area (Å²) in [6.45, 7) is 6.93. The molecule has 1 aliphatic heterocycles. The van der Waals surface area contributed by atoms with Gasteiger partial charge in [-0.25, -0.2) is 9.59 Å². The molecule has 0 unspecified atom stereocenters. The Bertz CT molecular complexity index is 1230. The monoisotopic (exact) mass is 630 g/mol. The van der Waals surface area contributed by atoms with Gasteiger partial charge in [0.25, 0.3) is 0 Å². The molecule has 1 aliphatic rings. The van der Waals surface area contributed by atoms with Crippen molar-refractivity contribution < 1.29 is 54.5 Å². The number of aliphatic carboxylic acids is 4. The molecule has 43 heavy (non-hydrogen) atoms. The minimum Gasteiger partial charge on any atom is -0.545 e. The zero-order valence-electron chi connectivity index (χ0n) is 23.2. The Kier molecular flexibility index (Phi) is 15.0. The van der Waals surface area contributed by atoms with Gasteiger partial charge in [0.05, 0.1) is 18.5 Å². The highest BCUT2D eigenvalue weighted by atomic mass is 32.1. The largest absolute Gasteiger partial charge is 0.545 e. The van der Waals surface area contributed by atoms with Gasteiger partial charge in [0.15, 0.2) is 0 Å². The number of hydrogen-bond acceptors (Lipinski definition) is 9. The summed E-state index contributed by atoms with van der Waals surface area (Å²) in [5, 5.41) is 54.3. The topological polar surface area (TPSA) is 184 Å². The summed E-state index contributed by atoms with van der Waals surface area (Å²) in [5.74, 6) is -5.61. The Balaban J connectivity index is 0.000000334. The van der Waals surface area contributed by atoms with Crippen LogP contribution in [0.15, 0.2) is 88.3 Å². The number of nitrogens with one attached hydrogen (secondary N) is 2. The molecule has 0 aliphatic carbocycles. The molecule has 0 saturated carbocycles. The third-order valence-electron chi connectivity index (χ3n) is 6.52. The fraction of sp³-hybridized carbons (Fsp3) is 0.267. The lowest BCUT2D eigenvalue weighted by atomic mass is 9.86. The molecule has 230 valence electrons. The molecule has 0 radical (unpaired) electrons. The van der Waals surface area contributed by atoms with Crippen molar-refractivity contribution in [3.05, 3.63) is 105 Å². The number of carbonyl (C=O) groups is 4. The molecule has 5 N–H and O–H groups in total. The second-order valence-electron chi connectivity index (χ2n) is 9.53. The molecule has 11 nitrogen and oxygen atoms in total. The second-order valence-corrected chi connectivity index (χ2v) is 11.1. The minimum absolute atomic E-state index is 0.447. The third-order valence-corrected chi connectivity index (χ3v) is 7.89. The molecule has 13 heteroatoms. The lowest BCUT2D eigenvalue weighted by molar-refractivity contribution is -1.02. The van der Waals surface area contributed by atoms with Crippen LogP contribution >= 0.6 is 22.7 Å². The standard InChI is InChI=1S/C22H26N2OS2.2C4H4O4/c25-22(20-6-14-26-17-20,21-7-15-27-18-21)8-9-23-10-12-24(13-11-23)16-19-4-2-1-3-5-19;2*5-3(6)1-2-4(7)8/h1-7,14-15,17-18,25H,8-13,16H2;2*1-2H,(H,5,6)(H,7,8)/b;2*2-1+. The van der Waals surface area contributed by atoms with Crippen LogP contribution in [0, 0.1) is 0 Å². The number of aliphatic hydroxyl groups is 1. The molecular formula is C30H34N2O9S2.